The first-order chi connectivity index (χ1) is 24.7. The molecule has 2 aliphatic rings. The van der Waals surface area contributed by atoms with Crippen molar-refractivity contribution in [3.05, 3.63) is 47.8 Å². The zero-order valence-electron chi connectivity index (χ0n) is 31.9. The van der Waals surface area contributed by atoms with Crippen LogP contribution in [0.3, 0.4) is 0 Å². The van der Waals surface area contributed by atoms with Crippen molar-refractivity contribution in [3.8, 4) is 0 Å². The average molecular weight is 803 g/mol. The number of anilines is 1. The first-order valence-electron chi connectivity index (χ1n) is 16.6. The third-order valence-electron chi connectivity index (χ3n) is 7.52. The highest BCUT2D eigenvalue weighted by Gasteiger charge is 2.39. The molecule has 2 aromatic heterocycles. The van der Waals surface area contributed by atoms with E-state index in [0.717, 1.165) is 0 Å². The van der Waals surface area contributed by atoms with E-state index in [1.54, 1.807) is 73.3 Å². The molecule has 2 aromatic rings. The third-order valence-corrected chi connectivity index (χ3v) is 7.99. The standard InChI is InChI=1S/C14H23B3N4O5.C7H13B3N2O4S.C7H8N2O.ClH.H3N/c1-10(22)12-6-5-7-13(18-12)19-14-20(15(2)23)8-11(26-17(4)25)9-21(14)16(3)24;1-9(14)11-3-5(16-6(8)13)4-12(7(11)17)10(2)15;1-5(10)6-3-2-4-7(8)9-6;;/h5-7,11,23-25H,8-9H2,1-4H3;5,14-15H,3-4H2,1-2H3;2-4H,1H3,(H2,8,9);1H;1H3. The van der Waals surface area contributed by atoms with E-state index in [2.05, 4.69) is 15.0 Å². The van der Waals surface area contributed by atoms with Crippen molar-refractivity contribution in [2.24, 2.45) is 4.99 Å². The SMILES string of the molecule is CB(O)OC1CN(B(C)O)C(=Nc2cccc(C(C)=O)n2)N(B(C)O)C1.CC(=O)c1cccc(N)n1.Cl.N.[B]C(=O)OC1CN(B(C)O)C(=S)N(B(C)O)C1. The fraction of sp³-hybridized carbons (Fsp3) is 0.464. The van der Waals surface area contributed by atoms with Gasteiger partial charge in [-0.3, -0.25) is 14.4 Å². The van der Waals surface area contributed by atoms with Gasteiger partial charge in [-0.05, 0) is 70.6 Å². The summed E-state index contributed by atoms with van der Waals surface area (Å²) in [4.78, 5) is 51.4. The number of ether oxygens (including phenoxy) is 1. The Bertz CT molecular complexity index is 1570. The molecule has 27 heteroatoms. The minimum atomic E-state index is -0.973. The molecule has 2 radical (unpaired) electrons. The second-order valence-corrected chi connectivity index (χ2v) is 12.6. The molecule has 0 spiro atoms. The normalized spacial score (nSPS) is 15.1. The lowest BCUT2D eigenvalue weighted by Gasteiger charge is -2.44. The Morgan fingerprint density at radius 2 is 1.20 bits per heavy atom. The smallest absolute Gasteiger partial charge is 0.451 e. The number of rotatable bonds is 10. The number of nitrogens with two attached hydrogens (primary N) is 1. The summed E-state index contributed by atoms with van der Waals surface area (Å²) in [6, 6.07) is 9.89. The summed E-state index contributed by atoms with van der Waals surface area (Å²) in [5.74, 6) is -0.146. The van der Waals surface area contributed by atoms with E-state index in [1.807, 2.05) is 0 Å². The van der Waals surface area contributed by atoms with Crippen LogP contribution >= 0.6 is 24.6 Å². The maximum Gasteiger partial charge on any atom is 0.451 e. The van der Waals surface area contributed by atoms with Crippen LogP contribution in [-0.2, 0) is 9.39 Å². The van der Waals surface area contributed by atoms with Gasteiger partial charge >= 0.3 is 35.3 Å². The minimum Gasteiger partial charge on any atom is -0.468 e. The predicted molar refractivity (Wildman–Crippen MR) is 222 cm³/mol. The van der Waals surface area contributed by atoms with Gasteiger partial charge in [0.2, 0.25) is 13.7 Å². The van der Waals surface area contributed by atoms with E-state index in [4.69, 9.17) is 35.2 Å². The minimum absolute atomic E-state index is 0. The molecule has 296 valence electrons. The lowest BCUT2D eigenvalue weighted by atomic mass is 9.79. The molecule has 0 bridgehead atoms. The maximum absolute atomic E-state index is 11.5. The second-order valence-electron chi connectivity index (χ2n) is 12.2. The summed E-state index contributed by atoms with van der Waals surface area (Å²) in [5.41, 5.74) is 6.03. The monoisotopic (exact) mass is 803 g/mol. The molecule has 19 nitrogen and oxygen atoms in total. The van der Waals surface area contributed by atoms with Gasteiger partial charge in [0.05, 0.1) is 6.10 Å². The van der Waals surface area contributed by atoms with Crippen molar-refractivity contribution >= 4 is 108 Å². The van der Waals surface area contributed by atoms with Crippen molar-refractivity contribution in [3.63, 3.8) is 0 Å². The molecule has 0 amide bonds. The Morgan fingerprint density at radius 1 is 0.782 bits per heavy atom. The molecular formula is C28H48B6ClN9O10S. The topological polar surface area (TPSA) is 283 Å². The fourth-order valence-corrected chi connectivity index (χ4v) is 5.52. The molecule has 2 aliphatic heterocycles. The highest BCUT2D eigenvalue weighted by atomic mass is 35.5. The molecule has 0 saturated carbocycles. The van der Waals surface area contributed by atoms with Gasteiger partial charge in [-0.25, -0.2) is 9.97 Å². The molecule has 0 aliphatic carbocycles. The quantitative estimate of drug-likeness (QED) is 0.0933. The van der Waals surface area contributed by atoms with Crippen LogP contribution in [-0.4, -0.2) is 164 Å². The van der Waals surface area contributed by atoms with Gasteiger partial charge in [0.1, 0.15) is 23.3 Å². The zero-order chi connectivity index (χ0) is 40.2. The number of hydrogen-bond donors (Lipinski definition) is 7. The molecule has 0 aromatic carbocycles. The predicted octanol–water partition coefficient (Wildman–Crippen LogP) is -0.161. The highest BCUT2D eigenvalue weighted by Crippen LogP contribution is 2.20. The van der Waals surface area contributed by atoms with Crippen LogP contribution in [0.2, 0.25) is 34.1 Å². The Hall–Kier alpha value is -3.73. The number of pyridine rings is 2. The summed E-state index contributed by atoms with van der Waals surface area (Å²) in [6.45, 7) is 11.7. The molecular weight excluding hydrogens is 755 g/mol. The van der Waals surface area contributed by atoms with Crippen LogP contribution in [0, 0.1) is 0 Å². The average Bonchev–Trinajstić information content (AvgIpc) is 3.05. The number of nitrogen functional groups attached to an aromatic ring is 1. The Morgan fingerprint density at radius 3 is 1.56 bits per heavy atom. The van der Waals surface area contributed by atoms with Crippen LogP contribution in [0.5, 0.6) is 0 Å². The second kappa shape index (κ2) is 24.0. The fourth-order valence-electron chi connectivity index (χ4n) is 5.07. The van der Waals surface area contributed by atoms with Gasteiger partial charge in [0, 0.05) is 40.0 Å². The van der Waals surface area contributed by atoms with Gasteiger partial charge in [-0.2, -0.15) is 4.99 Å². The van der Waals surface area contributed by atoms with Gasteiger partial charge in [0.25, 0.3) is 0 Å². The van der Waals surface area contributed by atoms with E-state index >= 15 is 0 Å². The number of nitrogens with zero attached hydrogens (tertiary/aromatic N) is 7. The number of hydrogen-bond acceptors (Lipinski definition) is 16. The van der Waals surface area contributed by atoms with Gasteiger partial charge in [-0.15, -0.1) is 12.4 Å². The summed E-state index contributed by atoms with van der Waals surface area (Å²) in [5, 5.41) is 49.2. The third kappa shape index (κ3) is 16.5. The van der Waals surface area contributed by atoms with Crippen molar-refractivity contribution in [2.45, 2.75) is 60.2 Å². The number of ketones is 2. The molecule has 10 N–H and O–H groups in total. The highest BCUT2D eigenvalue weighted by molar-refractivity contribution is 7.80. The van der Waals surface area contributed by atoms with E-state index < -0.39 is 53.4 Å². The Balaban J connectivity index is 0.000000864. The van der Waals surface area contributed by atoms with Gasteiger partial charge in [-0.1, -0.05) is 12.1 Å². The van der Waals surface area contributed by atoms with E-state index in [1.165, 1.54) is 30.3 Å². The van der Waals surface area contributed by atoms with Crippen molar-refractivity contribution in [2.75, 3.05) is 31.9 Å². The van der Waals surface area contributed by atoms with Crippen LogP contribution in [0.15, 0.2) is 41.4 Å². The van der Waals surface area contributed by atoms with Gasteiger partial charge < -0.3 is 65.6 Å². The van der Waals surface area contributed by atoms with Crippen molar-refractivity contribution < 1.29 is 48.9 Å². The lowest BCUT2D eigenvalue weighted by molar-refractivity contribution is 0.0902. The van der Waals surface area contributed by atoms with E-state index in [9.17, 15) is 39.5 Å². The number of halogens is 1. The molecule has 2 saturated heterocycles. The first-order valence-corrected chi connectivity index (χ1v) is 17.0. The number of thiocarbonyl (C=S) groups is 1. The summed E-state index contributed by atoms with van der Waals surface area (Å²) >= 11 is 5.13. The Kier molecular flexibility index (Phi) is 22.4. The molecule has 4 rings (SSSR count). The number of guanidine groups is 1. The van der Waals surface area contributed by atoms with E-state index in [0.29, 0.717) is 28.4 Å². The van der Waals surface area contributed by atoms with Crippen LogP contribution < -0.4 is 11.9 Å². The number of aliphatic imine (C=N–C) groups is 1. The van der Waals surface area contributed by atoms with Crippen LogP contribution in [0.1, 0.15) is 34.8 Å². The van der Waals surface area contributed by atoms with Crippen LogP contribution in [0.25, 0.3) is 0 Å². The zero-order valence-corrected chi connectivity index (χ0v) is 33.6. The van der Waals surface area contributed by atoms with Crippen LogP contribution in [0.4, 0.5) is 16.4 Å². The number of Topliss-reactive ketones (excluding diaryl/α,β-unsaturated/α-hetero) is 2. The first kappa shape index (κ1) is 51.3. The molecule has 4 heterocycles. The maximum atomic E-state index is 11.5. The molecule has 2 fully saturated rings. The molecule has 0 atom stereocenters. The lowest BCUT2D eigenvalue weighted by Crippen LogP contribution is -2.64. The summed E-state index contributed by atoms with van der Waals surface area (Å²) in [7, 11) is 0.489. The molecule has 0 unspecified atom stereocenters. The number of carbonyl (C=O) groups is 3. The molecule has 55 heavy (non-hydrogen) atoms. The van der Waals surface area contributed by atoms with Gasteiger partial charge in [0.15, 0.2) is 28.5 Å². The van der Waals surface area contributed by atoms with Crippen molar-refractivity contribution in [1.29, 1.82) is 0 Å². The summed E-state index contributed by atoms with van der Waals surface area (Å²) < 4.78 is 10.3. The number of carbonyl (C=O) groups excluding carboxylic acids is 3. The largest absolute Gasteiger partial charge is 0.468 e. The van der Waals surface area contributed by atoms with E-state index in [-0.39, 0.29) is 62.0 Å². The Labute approximate surface area is 336 Å². The van der Waals surface area contributed by atoms with Crippen molar-refractivity contribution in [1.82, 2.24) is 35.4 Å². The summed E-state index contributed by atoms with van der Waals surface area (Å²) in [6.07, 6.45) is -0.974. The number of aromatic nitrogens is 2.